The maximum Gasteiger partial charge on any atom is 0.317 e. The second kappa shape index (κ2) is 8.00. The van der Waals surface area contributed by atoms with E-state index in [2.05, 4.69) is 23.8 Å². The summed E-state index contributed by atoms with van der Waals surface area (Å²) in [5.74, 6) is -0.865. The van der Waals surface area contributed by atoms with Crippen molar-refractivity contribution in [3.8, 4) is 5.75 Å². The van der Waals surface area contributed by atoms with Gasteiger partial charge in [0.25, 0.3) is 0 Å². The summed E-state index contributed by atoms with van der Waals surface area (Å²) in [7, 11) is 2.11. The lowest BCUT2D eigenvalue weighted by molar-refractivity contribution is -0.140. The van der Waals surface area contributed by atoms with Gasteiger partial charge in [-0.2, -0.15) is 0 Å². The van der Waals surface area contributed by atoms with Crippen molar-refractivity contribution in [1.82, 2.24) is 9.80 Å². The number of nitrogens with zero attached hydrogens (tertiary/aromatic N) is 2. The molecule has 1 heterocycles. The maximum absolute atomic E-state index is 13.3. The number of carboxylic acids is 1. The molecule has 2 aliphatic rings. The Bertz CT molecular complexity index is 933. The summed E-state index contributed by atoms with van der Waals surface area (Å²) >= 11 is 0. The van der Waals surface area contributed by atoms with Crippen LogP contribution in [-0.2, 0) is 23.1 Å². The lowest BCUT2D eigenvalue weighted by Crippen LogP contribution is -2.67. The Hall–Kier alpha value is -2.44. The number of piperidine rings is 1. The first-order valence-corrected chi connectivity index (χ1v) is 10.5. The zero-order valence-electron chi connectivity index (χ0n) is 17.5. The average molecular weight is 413 g/mol. The van der Waals surface area contributed by atoms with Crippen LogP contribution in [0.25, 0.3) is 0 Å². The van der Waals surface area contributed by atoms with Crippen molar-refractivity contribution in [2.24, 2.45) is 0 Å². The van der Waals surface area contributed by atoms with Crippen LogP contribution in [-0.4, -0.2) is 64.7 Å². The van der Waals surface area contributed by atoms with Crippen LogP contribution in [0.2, 0.25) is 0 Å². The topological polar surface area (TPSA) is 64.0 Å². The van der Waals surface area contributed by atoms with Crippen molar-refractivity contribution in [2.75, 3.05) is 26.7 Å². The minimum absolute atomic E-state index is 0.0158. The molecule has 160 valence electrons. The fraction of sp³-hybridized carbons (Fsp3) is 0.458. The Morgan fingerprint density at radius 2 is 2.00 bits per heavy atom. The first-order valence-electron chi connectivity index (χ1n) is 10.5. The highest BCUT2D eigenvalue weighted by atomic mass is 19.1. The summed E-state index contributed by atoms with van der Waals surface area (Å²) in [6.07, 6.45) is 2.39. The number of hydrogen-bond donors (Lipinski definition) is 2. The third-order valence-corrected chi connectivity index (χ3v) is 7.04. The number of likely N-dealkylation sites (tertiary alicyclic amines) is 1. The molecule has 5 nitrogen and oxygen atoms in total. The maximum atomic E-state index is 13.3. The highest BCUT2D eigenvalue weighted by molar-refractivity contribution is 5.69. The standard InChI is InChI=1S/C24H29FN2O3/c1-24-10-12-26(2)21(13-17-5-8-19(28)14-20(17)24)23(24)27(15-22(29)30)11-9-16-3-6-18(25)7-4-16/h3-8,14,21,23,28H,9-13,15H2,1-2H3,(H,29,30)/t21-,23-,24?/m1/s1. The highest BCUT2D eigenvalue weighted by Gasteiger charge is 2.52. The number of aromatic hydroxyl groups is 1. The Labute approximate surface area is 176 Å². The quantitative estimate of drug-likeness (QED) is 0.764. The molecule has 2 aromatic rings. The van der Waals surface area contributed by atoms with Gasteiger partial charge in [0, 0.05) is 24.0 Å². The van der Waals surface area contributed by atoms with E-state index >= 15 is 0 Å². The molecule has 3 atom stereocenters. The Morgan fingerprint density at radius 3 is 2.70 bits per heavy atom. The molecule has 0 radical (unpaired) electrons. The van der Waals surface area contributed by atoms with Gasteiger partial charge in [-0.25, -0.2) is 4.39 Å². The number of fused-ring (bicyclic) bond motifs is 4. The predicted molar refractivity (Wildman–Crippen MR) is 113 cm³/mol. The number of carboxylic acid groups (broad SMARTS) is 1. The number of rotatable bonds is 6. The van der Waals surface area contributed by atoms with Crippen LogP contribution in [0.3, 0.4) is 0 Å². The van der Waals surface area contributed by atoms with Crippen LogP contribution in [0.15, 0.2) is 42.5 Å². The molecule has 4 rings (SSSR count). The fourth-order valence-corrected chi connectivity index (χ4v) is 5.51. The molecular formula is C24H29FN2O3. The summed E-state index contributed by atoms with van der Waals surface area (Å²) in [4.78, 5) is 16.2. The molecule has 1 aliphatic carbocycles. The van der Waals surface area contributed by atoms with Gasteiger partial charge < -0.3 is 15.1 Å². The lowest BCUT2D eigenvalue weighted by atomic mass is 9.61. The number of halogens is 1. The number of likely N-dealkylation sites (N-methyl/N-ethyl adjacent to an activating group) is 1. The van der Waals surface area contributed by atoms with E-state index in [0.29, 0.717) is 13.0 Å². The second-order valence-electron chi connectivity index (χ2n) is 8.95. The smallest absolute Gasteiger partial charge is 0.317 e. The Morgan fingerprint density at radius 1 is 1.27 bits per heavy atom. The first-order chi connectivity index (χ1) is 14.3. The average Bonchev–Trinajstić information content (AvgIpc) is 2.70. The molecule has 1 fully saturated rings. The fourth-order valence-electron chi connectivity index (χ4n) is 5.51. The van der Waals surface area contributed by atoms with E-state index in [4.69, 9.17) is 0 Å². The van der Waals surface area contributed by atoms with Gasteiger partial charge in [-0.3, -0.25) is 9.69 Å². The monoisotopic (exact) mass is 412 g/mol. The zero-order valence-corrected chi connectivity index (χ0v) is 17.5. The van der Waals surface area contributed by atoms with E-state index in [1.54, 1.807) is 18.2 Å². The van der Waals surface area contributed by atoms with Crippen molar-refractivity contribution in [3.63, 3.8) is 0 Å². The van der Waals surface area contributed by atoms with E-state index in [0.717, 1.165) is 30.5 Å². The number of benzene rings is 2. The number of phenols is 1. The summed E-state index contributed by atoms with van der Waals surface area (Å²) in [5, 5.41) is 19.8. The van der Waals surface area contributed by atoms with E-state index in [1.165, 1.54) is 17.7 Å². The highest BCUT2D eigenvalue weighted by Crippen LogP contribution is 2.47. The summed E-state index contributed by atoms with van der Waals surface area (Å²) in [6, 6.07) is 12.2. The van der Waals surface area contributed by atoms with Crippen LogP contribution in [0.1, 0.15) is 30.0 Å². The summed E-state index contributed by atoms with van der Waals surface area (Å²) in [5.41, 5.74) is 3.11. The normalized spacial score (nSPS) is 25.9. The molecule has 2 bridgehead atoms. The molecular weight excluding hydrogens is 383 g/mol. The molecule has 0 saturated carbocycles. The Kier molecular flexibility index (Phi) is 5.55. The number of phenolic OH excluding ortho intramolecular Hbond substituents is 1. The minimum Gasteiger partial charge on any atom is -0.508 e. The van der Waals surface area contributed by atoms with Crippen LogP contribution >= 0.6 is 0 Å². The van der Waals surface area contributed by atoms with Gasteiger partial charge in [-0.05, 0) is 73.8 Å². The molecule has 0 aromatic heterocycles. The molecule has 2 N–H and O–H groups in total. The van der Waals surface area contributed by atoms with Crippen molar-refractivity contribution in [2.45, 2.75) is 43.7 Å². The summed E-state index contributed by atoms with van der Waals surface area (Å²) in [6.45, 7) is 3.68. The summed E-state index contributed by atoms with van der Waals surface area (Å²) < 4.78 is 13.3. The molecule has 0 amide bonds. The Balaban J connectivity index is 1.69. The van der Waals surface area contributed by atoms with Crippen molar-refractivity contribution < 1.29 is 19.4 Å². The van der Waals surface area contributed by atoms with E-state index < -0.39 is 5.97 Å². The van der Waals surface area contributed by atoms with Crippen LogP contribution in [0, 0.1) is 5.82 Å². The minimum atomic E-state index is -0.847. The van der Waals surface area contributed by atoms with Gasteiger partial charge in [-0.15, -0.1) is 0 Å². The van der Waals surface area contributed by atoms with Gasteiger partial charge in [0.1, 0.15) is 11.6 Å². The number of hydrogen-bond acceptors (Lipinski definition) is 4. The van der Waals surface area contributed by atoms with Gasteiger partial charge in [-0.1, -0.05) is 25.1 Å². The first kappa shape index (κ1) is 20.8. The largest absolute Gasteiger partial charge is 0.508 e. The van der Waals surface area contributed by atoms with Crippen LogP contribution in [0.5, 0.6) is 5.75 Å². The third kappa shape index (κ3) is 3.82. The molecule has 1 saturated heterocycles. The number of carbonyl (C=O) groups is 1. The van der Waals surface area contributed by atoms with Crippen molar-refractivity contribution >= 4 is 5.97 Å². The van der Waals surface area contributed by atoms with Gasteiger partial charge in [0.2, 0.25) is 0 Å². The molecule has 0 spiro atoms. The van der Waals surface area contributed by atoms with Gasteiger partial charge in [0.15, 0.2) is 0 Å². The predicted octanol–water partition coefficient (Wildman–Crippen LogP) is 3.05. The second-order valence-corrected chi connectivity index (χ2v) is 8.95. The van der Waals surface area contributed by atoms with E-state index in [9.17, 15) is 19.4 Å². The van der Waals surface area contributed by atoms with E-state index in [1.807, 2.05) is 12.1 Å². The molecule has 2 aromatic carbocycles. The van der Waals surface area contributed by atoms with Gasteiger partial charge in [0.05, 0.1) is 6.54 Å². The number of aliphatic carboxylic acids is 1. The molecule has 1 aliphatic heterocycles. The zero-order chi connectivity index (χ0) is 21.5. The lowest BCUT2D eigenvalue weighted by Gasteiger charge is -2.58. The molecule has 1 unspecified atom stereocenters. The van der Waals surface area contributed by atoms with Gasteiger partial charge >= 0.3 is 5.97 Å². The van der Waals surface area contributed by atoms with Crippen LogP contribution in [0.4, 0.5) is 4.39 Å². The molecule has 30 heavy (non-hydrogen) atoms. The van der Waals surface area contributed by atoms with Crippen molar-refractivity contribution in [1.29, 1.82) is 0 Å². The van der Waals surface area contributed by atoms with Crippen molar-refractivity contribution in [3.05, 3.63) is 65.0 Å². The molecule has 6 heteroatoms. The van der Waals surface area contributed by atoms with E-state index in [-0.39, 0.29) is 35.6 Å². The van der Waals surface area contributed by atoms with Crippen LogP contribution < -0.4 is 0 Å². The SMILES string of the molecule is CN1CCC2(C)c3cc(O)ccc3C[C@@H]1[C@H]2N(CCc1ccc(F)cc1)CC(=O)O. The third-order valence-electron chi connectivity index (χ3n) is 7.04.